The SMILES string of the molecule is COc1ccc2[nH]cc(CCN3C(=O)C(O)=C(C(=O)c4cccs4)C3c3ccccc3[N+](=O)[O-])c2c1. The van der Waals surface area contributed by atoms with Gasteiger partial charge in [-0.25, -0.2) is 0 Å². The second-order valence-corrected chi connectivity index (χ2v) is 9.21. The number of carbonyl (C=O) groups excluding carboxylic acids is 2. The van der Waals surface area contributed by atoms with Crippen LogP contribution in [0.25, 0.3) is 10.9 Å². The molecule has 0 fully saturated rings. The van der Waals surface area contributed by atoms with Crippen molar-refractivity contribution in [1.82, 2.24) is 9.88 Å². The average molecular weight is 504 g/mol. The molecule has 1 atom stereocenters. The number of aliphatic hydroxyl groups is 1. The summed E-state index contributed by atoms with van der Waals surface area (Å²) in [6.07, 6.45) is 2.21. The molecule has 1 unspecified atom stereocenters. The summed E-state index contributed by atoms with van der Waals surface area (Å²) in [6, 6.07) is 13.8. The van der Waals surface area contributed by atoms with Gasteiger partial charge < -0.3 is 19.7 Å². The monoisotopic (exact) mass is 503 g/mol. The first-order chi connectivity index (χ1) is 17.4. The number of aromatic amines is 1. The molecular weight excluding hydrogens is 482 g/mol. The number of methoxy groups -OCH3 is 1. The highest BCUT2D eigenvalue weighted by Gasteiger charge is 2.46. The third kappa shape index (κ3) is 3.91. The maximum absolute atomic E-state index is 13.4. The number of hydrogen-bond acceptors (Lipinski definition) is 7. The van der Waals surface area contributed by atoms with Gasteiger partial charge in [0.2, 0.25) is 5.78 Å². The molecule has 0 saturated heterocycles. The number of carbonyl (C=O) groups is 2. The molecule has 9 nitrogen and oxygen atoms in total. The standard InChI is InChI=1S/C26H21N3O6S/c1-35-16-8-9-19-18(13-16)15(14-27-19)10-11-28-23(17-5-2-3-6-20(17)29(33)34)22(25(31)26(28)32)24(30)21-7-4-12-36-21/h2-9,12-14,23,27,31H,10-11H2,1H3. The Balaban J connectivity index is 1.56. The second kappa shape index (κ2) is 9.31. The maximum atomic E-state index is 13.4. The van der Waals surface area contributed by atoms with Crippen molar-refractivity contribution in [2.45, 2.75) is 12.5 Å². The maximum Gasteiger partial charge on any atom is 0.290 e. The van der Waals surface area contributed by atoms with Crippen LogP contribution < -0.4 is 4.74 Å². The highest BCUT2D eigenvalue weighted by atomic mass is 32.1. The number of thiophene rings is 1. The summed E-state index contributed by atoms with van der Waals surface area (Å²) in [4.78, 5) is 42.8. The number of rotatable bonds is 8. The van der Waals surface area contributed by atoms with E-state index >= 15 is 0 Å². The number of nitrogens with zero attached hydrogens (tertiary/aromatic N) is 2. The highest BCUT2D eigenvalue weighted by Crippen LogP contribution is 2.42. The van der Waals surface area contributed by atoms with Crippen molar-refractivity contribution in [2.75, 3.05) is 13.7 Å². The number of hydrogen-bond donors (Lipinski definition) is 2. The molecule has 0 radical (unpaired) electrons. The highest BCUT2D eigenvalue weighted by molar-refractivity contribution is 7.12. The number of benzene rings is 2. The molecule has 1 aliphatic rings. The minimum atomic E-state index is -1.10. The Bertz CT molecular complexity index is 1520. The van der Waals surface area contributed by atoms with Crippen molar-refractivity contribution in [3.05, 3.63) is 104 Å². The Morgan fingerprint density at radius 2 is 2.03 bits per heavy atom. The molecule has 1 aliphatic heterocycles. The van der Waals surface area contributed by atoms with Crippen molar-refractivity contribution in [2.24, 2.45) is 0 Å². The van der Waals surface area contributed by atoms with Crippen molar-refractivity contribution >= 4 is 39.6 Å². The van der Waals surface area contributed by atoms with Crippen LogP contribution in [0.3, 0.4) is 0 Å². The van der Waals surface area contributed by atoms with Gasteiger partial charge in [0.1, 0.15) is 5.75 Å². The third-order valence-corrected chi connectivity index (χ3v) is 7.19. The van der Waals surface area contributed by atoms with Crippen LogP contribution in [0.4, 0.5) is 5.69 Å². The lowest BCUT2D eigenvalue weighted by atomic mass is 9.94. The molecule has 4 aromatic rings. The van der Waals surface area contributed by atoms with E-state index in [1.165, 1.54) is 34.4 Å². The van der Waals surface area contributed by atoms with Gasteiger partial charge in [0, 0.05) is 29.7 Å². The van der Waals surface area contributed by atoms with Crippen LogP contribution in [0.2, 0.25) is 0 Å². The van der Waals surface area contributed by atoms with Gasteiger partial charge in [0.05, 0.1) is 34.1 Å². The number of amides is 1. The summed E-state index contributed by atoms with van der Waals surface area (Å²) >= 11 is 1.17. The topological polar surface area (TPSA) is 126 Å². The van der Waals surface area contributed by atoms with Gasteiger partial charge in [0.15, 0.2) is 5.76 Å². The Kier molecular flexibility index (Phi) is 6.03. The summed E-state index contributed by atoms with van der Waals surface area (Å²) in [5.74, 6) is -1.27. The van der Waals surface area contributed by atoms with Crippen LogP contribution in [0, 0.1) is 10.1 Å². The fourth-order valence-electron chi connectivity index (χ4n) is 4.60. The van der Waals surface area contributed by atoms with Crippen LogP contribution in [0.5, 0.6) is 5.75 Å². The Hall–Kier alpha value is -4.44. The normalized spacial score (nSPS) is 15.6. The molecule has 2 N–H and O–H groups in total. The van der Waals surface area contributed by atoms with E-state index in [2.05, 4.69) is 4.98 Å². The van der Waals surface area contributed by atoms with Crippen LogP contribution in [0.1, 0.15) is 26.8 Å². The molecule has 10 heteroatoms. The van der Waals surface area contributed by atoms with Gasteiger partial charge in [-0.15, -0.1) is 11.3 Å². The molecule has 182 valence electrons. The first-order valence-electron chi connectivity index (χ1n) is 11.1. The molecule has 0 aliphatic carbocycles. The zero-order chi connectivity index (χ0) is 25.4. The van der Waals surface area contributed by atoms with Gasteiger partial charge >= 0.3 is 0 Å². The van der Waals surface area contributed by atoms with Crippen LogP contribution in [-0.2, 0) is 11.2 Å². The molecule has 3 heterocycles. The van der Waals surface area contributed by atoms with Crippen molar-refractivity contribution in [1.29, 1.82) is 0 Å². The lowest BCUT2D eigenvalue weighted by molar-refractivity contribution is -0.385. The summed E-state index contributed by atoms with van der Waals surface area (Å²) in [5.41, 5.74) is 1.57. The zero-order valence-electron chi connectivity index (χ0n) is 19.1. The number of fused-ring (bicyclic) bond motifs is 1. The molecule has 36 heavy (non-hydrogen) atoms. The lowest BCUT2D eigenvalue weighted by Gasteiger charge is -2.26. The largest absolute Gasteiger partial charge is 0.503 e. The number of ketones is 1. The van der Waals surface area contributed by atoms with Crippen LogP contribution >= 0.6 is 11.3 Å². The van der Waals surface area contributed by atoms with Gasteiger partial charge in [-0.05, 0) is 47.7 Å². The minimum absolute atomic E-state index is 0.116. The lowest BCUT2D eigenvalue weighted by Crippen LogP contribution is -2.33. The van der Waals surface area contributed by atoms with Gasteiger partial charge in [-0.1, -0.05) is 18.2 Å². The van der Waals surface area contributed by atoms with E-state index in [1.54, 1.807) is 30.7 Å². The number of aromatic nitrogens is 1. The van der Waals surface area contributed by atoms with E-state index in [4.69, 9.17) is 4.74 Å². The summed E-state index contributed by atoms with van der Waals surface area (Å²) in [6.45, 7) is 0.116. The Morgan fingerprint density at radius 3 is 2.75 bits per heavy atom. The Morgan fingerprint density at radius 1 is 1.22 bits per heavy atom. The third-order valence-electron chi connectivity index (χ3n) is 6.32. The first-order valence-corrected chi connectivity index (χ1v) is 12.0. The van der Waals surface area contributed by atoms with Crippen molar-refractivity contribution < 1.29 is 24.4 Å². The number of Topliss-reactive ketones (excluding diaryl/α,β-unsaturated/α-hetero) is 1. The van der Waals surface area contributed by atoms with E-state index in [0.29, 0.717) is 17.0 Å². The van der Waals surface area contributed by atoms with Gasteiger partial charge in [-0.2, -0.15) is 0 Å². The minimum Gasteiger partial charge on any atom is -0.503 e. The molecule has 2 aromatic heterocycles. The predicted molar refractivity (Wildman–Crippen MR) is 134 cm³/mol. The predicted octanol–water partition coefficient (Wildman–Crippen LogP) is 4.97. The van der Waals surface area contributed by atoms with Crippen molar-refractivity contribution in [3.63, 3.8) is 0 Å². The number of nitrogens with one attached hydrogen (secondary N) is 1. The first kappa shape index (κ1) is 23.3. The summed E-state index contributed by atoms with van der Waals surface area (Å²) in [5, 5.41) is 25.3. The molecule has 2 aromatic carbocycles. The number of aliphatic hydroxyl groups excluding tert-OH is 1. The summed E-state index contributed by atoms with van der Waals surface area (Å²) < 4.78 is 5.32. The smallest absolute Gasteiger partial charge is 0.290 e. The zero-order valence-corrected chi connectivity index (χ0v) is 20.0. The van der Waals surface area contributed by atoms with E-state index in [1.807, 2.05) is 24.4 Å². The van der Waals surface area contributed by atoms with Gasteiger partial charge in [0.25, 0.3) is 11.6 Å². The number of nitro benzene ring substituents is 1. The molecule has 1 amide bonds. The molecule has 5 rings (SSSR count). The van der Waals surface area contributed by atoms with E-state index in [-0.39, 0.29) is 23.4 Å². The molecular formula is C26H21N3O6S. The number of ether oxygens (including phenoxy) is 1. The number of H-pyrrole nitrogens is 1. The second-order valence-electron chi connectivity index (χ2n) is 8.26. The van der Waals surface area contributed by atoms with Gasteiger partial charge in [-0.3, -0.25) is 19.7 Å². The Labute approximate surface area is 209 Å². The average Bonchev–Trinajstić information content (AvgIpc) is 3.62. The fourth-order valence-corrected chi connectivity index (χ4v) is 5.28. The fraction of sp³-hybridized carbons (Fsp3) is 0.154. The molecule has 0 bridgehead atoms. The number of nitro groups is 1. The molecule has 0 saturated carbocycles. The van der Waals surface area contributed by atoms with E-state index in [0.717, 1.165) is 16.5 Å². The number of para-hydroxylation sites is 1. The summed E-state index contributed by atoms with van der Waals surface area (Å²) in [7, 11) is 1.58. The van der Waals surface area contributed by atoms with Crippen LogP contribution in [0.15, 0.2) is 77.5 Å². The van der Waals surface area contributed by atoms with Crippen molar-refractivity contribution in [3.8, 4) is 5.75 Å². The quantitative estimate of drug-likeness (QED) is 0.199. The van der Waals surface area contributed by atoms with E-state index in [9.17, 15) is 24.8 Å². The molecule has 0 spiro atoms. The van der Waals surface area contributed by atoms with Crippen LogP contribution in [-0.4, -0.2) is 45.3 Å². The van der Waals surface area contributed by atoms with E-state index < -0.39 is 28.4 Å².